The van der Waals surface area contributed by atoms with E-state index in [2.05, 4.69) is 5.32 Å². The Kier molecular flexibility index (Phi) is 5.53. The highest BCUT2D eigenvalue weighted by Crippen LogP contribution is 2.12. The Morgan fingerprint density at radius 2 is 2.25 bits per heavy atom. The molecule has 16 heavy (non-hydrogen) atoms. The van der Waals surface area contributed by atoms with Gasteiger partial charge in [-0.1, -0.05) is 24.3 Å². The van der Waals surface area contributed by atoms with Gasteiger partial charge in [-0.2, -0.15) is 0 Å². The predicted molar refractivity (Wildman–Crippen MR) is 64.7 cm³/mol. The fourth-order valence-corrected chi connectivity index (χ4v) is 1.35. The number of rotatable bonds is 6. The number of nitro benzene ring substituents is 1. The summed E-state index contributed by atoms with van der Waals surface area (Å²) in [6, 6.07) is 6.59. The van der Waals surface area contributed by atoms with Gasteiger partial charge in [-0.25, -0.2) is 0 Å². The van der Waals surface area contributed by atoms with Gasteiger partial charge in [0.15, 0.2) is 0 Å². The molecule has 0 saturated heterocycles. The van der Waals surface area contributed by atoms with Crippen molar-refractivity contribution in [1.82, 2.24) is 5.32 Å². The van der Waals surface area contributed by atoms with Crippen molar-refractivity contribution in [2.24, 2.45) is 0 Å². The number of benzene rings is 1. The number of nitrogens with one attached hydrogen (secondary N) is 1. The summed E-state index contributed by atoms with van der Waals surface area (Å²) >= 11 is 5.46. The smallest absolute Gasteiger partial charge is 0.269 e. The van der Waals surface area contributed by atoms with Gasteiger partial charge in [-0.3, -0.25) is 10.1 Å². The number of halogens is 1. The molecule has 1 aromatic rings. The molecule has 0 spiro atoms. The Hall–Kier alpha value is -1.39. The molecule has 5 heteroatoms. The number of nitro groups is 1. The van der Waals surface area contributed by atoms with Crippen LogP contribution in [0.4, 0.5) is 5.69 Å². The molecule has 0 heterocycles. The average molecular weight is 241 g/mol. The van der Waals surface area contributed by atoms with Crippen LogP contribution in [0, 0.1) is 10.1 Å². The molecule has 0 bridgehead atoms. The van der Waals surface area contributed by atoms with E-state index in [0.717, 1.165) is 5.56 Å². The minimum Gasteiger partial charge on any atom is -0.309 e. The van der Waals surface area contributed by atoms with Crippen LogP contribution in [0.5, 0.6) is 0 Å². The van der Waals surface area contributed by atoms with Crippen molar-refractivity contribution in [2.45, 2.75) is 6.54 Å². The third-order valence-corrected chi connectivity index (χ3v) is 2.15. The minimum atomic E-state index is -0.392. The Morgan fingerprint density at radius 3 is 2.94 bits per heavy atom. The fraction of sp³-hybridized carbons (Fsp3) is 0.273. The van der Waals surface area contributed by atoms with Crippen molar-refractivity contribution >= 4 is 17.3 Å². The number of non-ortho nitro benzene ring substituents is 1. The molecule has 0 saturated carbocycles. The maximum Gasteiger partial charge on any atom is 0.269 e. The molecule has 0 aliphatic heterocycles. The number of hydrogen-bond donors (Lipinski definition) is 1. The van der Waals surface area contributed by atoms with Crippen molar-refractivity contribution in [2.75, 3.05) is 12.4 Å². The first-order valence-corrected chi connectivity index (χ1v) is 5.42. The minimum absolute atomic E-state index is 0.121. The molecule has 1 aromatic carbocycles. The van der Waals surface area contributed by atoms with E-state index in [1.165, 1.54) is 6.07 Å². The van der Waals surface area contributed by atoms with Gasteiger partial charge in [0.2, 0.25) is 0 Å². The van der Waals surface area contributed by atoms with E-state index in [4.69, 9.17) is 11.6 Å². The second-order valence-electron chi connectivity index (χ2n) is 3.18. The van der Waals surface area contributed by atoms with Crippen molar-refractivity contribution in [1.29, 1.82) is 0 Å². The van der Waals surface area contributed by atoms with Crippen LogP contribution in [-0.2, 0) is 6.54 Å². The van der Waals surface area contributed by atoms with Crippen LogP contribution in [0.15, 0.2) is 36.4 Å². The molecule has 0 aliphatic rings. The van der Waals surface area contributed by atoms with Crippen LogP contribution < -0.4 is 5.32 Å². The van der Waals surface area contributed by atoms with Gasteiger partial charge in [0.05, 0.1) is 4.92 Å². The van der Waals surface area contributed by atoms with Crippen molar-refractivity contribution in [3.63, 3.8) is 0 Å². The van der Waals surface area contributed by atoms with E-state index in [1.54, 1.807) is 12.1 Å². The van der Waals surface area contributed by atoms with E-state index in [1.807, 2.05) is 18.2 Å². The summed E-state index contributed by atoms with van der Waals surface area (Å²) in [5.74, 6) is 0.499. The van der Waals surface area contributed by atoms with E-state index >= 15 is 0 Å². The largest absolute Gasteiger partial charge is 0.309 e. The Balaban J connectivity index is 2.45. The molecule has 0 atom stereocenters. The lowest BCUT2D eigenvalue weighted by Gasteiger charge is -2.01. The van der Waals surface area contributed by atoms with Gasteiger partial charge in [0.1, 0.15) is 0 Å². The van der Waals surface area contributed by atoms with E-state index in [-0.39, 0.29) is 5.69 Å². The first-order chi connectivity index (χ1) is 7.74. The molecule has 4 nitrogen and oxygen atoms in total. The van der Waals surface area contributed by atoms with Crippen LogP contribution in [0.3, 0.4) is 0 Å². The maximum atomic E-state index is 10.5. The van der Waals surface area contributed by atoms with Gasteiger partial charge in [-0.15, -0.1) is 11.6 Å². The molecule has 0 aromatic heterocycles. The number of hydrogen-bond acceptors (Lipinski definition) is 3. The summed E-state index contributed by atoms with van der Waals surface area (Å²) in [4.78, 5) is 10.1. The van der Waals surface area contributed by atoms with Crippen LogP contribution in [0.2, 0.25) is 0 Å². The highest BCUT2D eigenvalue weighted by atomic mass is 35.5. The average Bonchev–Trinajstić information content (AvgIpc) is 2.29. The van der Waals surface area contributed by atoms with Crippen LogP contribution in [0.25, 0.3) is 0 Å². The molecule has 86 valence electrons. The van der Waals surface area contributed by atoms with Crippen LogP contribution >= 0.6 is 11.6 Å². The molecular formula is C11H13ClN2O2. The van der Waals surface area contributed by atoms with Gasteiger partial charge in [0, 0.05) is 31.1 Å². The van der Waals surface area contributed by atoms with Crippen LogP contribution in [-0.4, -0.2) is 17.3 Å². The number of alkyl halides is 1. The molecule has 0 aliphatic carbocycles. The number of nitrogens with zero attached hydrogens (tertiary/aromatic N) is 1. The Morgan fingerprint density at radius 1 is 1.44 bits per heavy atom. The van der Waals surface area contributed by atoms with Gasteiger partial charge < -0.3 is 5.32 Å². The first-order valence-electron chi connectivity index (χ1n) is 4.89. The molecule has 0 radical (unpaired) electrons. The third kappa shape index (κ3) is 4.42. The predicted octanol–water partition coefficient (Wildman–Crippen LogP) is 2.48. The zero-order valence-corrected chi connectivity index (χ0v) is 9.48. The topological polar surface area (TPSA) is 55.2 Å². The van der Waals surface area contributed by atoms with Crippen molar-refractivity contribution < 1.29 is 4.92 Å². The zero-order valence-electron chi connectivity index (χ0n) is 8.73. The quantitative estimate of drug-likeness (QED) is 0.273. The molecule has 0 unspecified atom stereocenters. The zero-order chi connectivity index (χ0) is 11.8. The summed E-state index contributed by atoms with van der Waals surface area (Å²) in [5.41, 5.74) is 1.02. The first kappa shape index (κ1) is 12.7. The SMILES string of the molecule is O=[N+]([O-])c1cccc(CNC/C=C/CCl)c1. The van der Waals surface area contributed by atoms with Crippen LogP contribution in [0.1, 0.15) is 5.56 Å². The molecule has 1 rings (SSSR count). The lowest BCUT2D eigenvalue weighted by Crippen LogP contribution is -2.12. The lowest BCUT2D eigenvalue weighted by molar-refractivity contribution is -0.384. The monoisotopic (exact) mass is 240 g/mol. The van der Waals surface area contributed by atoms with E-state index < -0.39 is 4.92 Å². The summed E-state index contributed by atoms with van der Waals surface area (Å²) in [5, 5.41) is 13.7. The second kappa shape index (κ2) is 6.98. The van der Waals surface area contributed by atoms with E-state index in [9.17, 15) is 10.1 Å². The van der Waals surface area contributed by atoms with Gasteiger partial charge >= 0.3 is 0 Å². The Labute approximate surface area is 99.1 Å². The van der Waals surface area contributed by atoms with Crippen molar-refractivity contribution in [3.05, 3.63) is 52.1 Å². The standard InChI is InChI=1S/C11H13ClN2O2/c12-6-1-2-7-13-9-10-4-3-5-11(8-10)14(15)16/h1-5,8,13H,6-7,9H2/b2-1+. The van der Waals surface area contributed by atoms with Gasteiger partial charge in [0.25, 0.3) is 5.69 Å². The summed E-state index contributed by atoms with van der Waals surface area (Å²) in [6.45, 7) is 1.31. The van der Waals surface area contributed by atoms with Crippen molar-refractivity contribution in [3.8, 4) is 0 Å². The summed E-state index contributed by atoms with van der Waals surface area (Å²) in [6.07, 6.45) is 3.77. The summed E-state index contributed by atoms with van der Waals surface area (Å²) in [7, 11) is 0. The summed E-state index contributed by atoms with van der Waals surface area (Å²) < 4.78 is 0. The number of allylic oxidation sites excluding steroid dienone is 1. The highest BCUT2D eigenvalue weighted by Gasteiger charge is 2.04. The molecule has 1 N–H and O–H groups in total. The highest BCUT2D eigenvalue weighted by molar-refractivity contribution is 6.18. The van der Waals surface area contributed by atoms with Gasteiger partial charge in [-0.05, 0) is 5.56 Å². The maximum absolute atomic E-state index is 10.5. The molecule has 0 fully saturated rings. The second-order valence-corrected chi connectivity index (χ2v) is 3.49. The fourth-order valence-electron chi connectivity index (χ4n) is 1.23. The lowest BCUT2D eigenvalue weighted by atomic mass is 10.2. The molecule has 0 amide bonds. The normalized spacial score (nSPS) is 10.8. The van der Waals surface area contributed by atoms with E-state index in [0.29, 0.717) is 19.0 Å². The Bertz CT molecular complexity index is 380. The molecular weight excluding hydrogens is 228 g/mol. The third-order valence-electron chi connectivity index (χ3n) is 1.97.